The summed E-state index contributed by atoms with van der Waals surface area (Å²) in [5, 5.41) is 9.98. The number of rotatable bonds is 2. The Labute approximate surface area is 120 Å². The number of hydrogen-bond acceptors (Lipinski definition) is 5. The molecule has 0 N–H and O–H groups in total. The van der Waals surface area contributed by atoms with Crippen molar-refractivity contribution in [2.45, 2.75) is 10.2 Å². The van der Waals surface area contributed by atoms with E-state index in [1.165, 1.54) is 18.1 Å². The van der Waals surface area contributed by atoms with Gasteiger partial charge in [0.15, 0.2) is 5.65 Å². The molecule has 0 unspecified atom stereocenters. The molecule has 0 aromatic carbocycles. The summed E-state index contributed by atoms with van der Waals surface area (Å²) >= 11 is 10.6. The van der Waals surface area contributed by atoms with E-state index in [1.807, 2.05) is 28.8 Å². The Morgan fingerprint density at radius 3 is 3.00 bits per heavy atom. The van der Waals surface area contributed by atoms with Crippen molar-refractivity contribution in [2.75, 3.05) is 0 Å². The van der Waals surface area contributed by atoms with E-state index >= 15 is 0 Å². The molecule has 3 rings (SSSR count). The molecule has 3 heterocycles. The number of aromatic nitrogens is 5. The highest BCUT2D eigenvalue weighted by Gasteiger charge is 2.12. The molecular formula is C10H5BrClN5S. The third-order valence-electron chi connectivity index (χ3n) is 2.19. The van der Waals surface area contributed by atoms with E-state index in [-0.39, 0.29) is 0 Å². The van der Waals surface area contributed by atoms with E-state index in [4.69, 9.17) is 11.6 Å². The first kappa shape index (κ1) is 11.9. The van der Waals surface area contributed by atoms with E-state index in [9.17, 15) is 0 Å². The van der Waals surface area contributed by atoms with Gasteiger partial charge in [0, 0.05) is 6.20 Å². The summed E-state index contributed by atoms with van der Waals surface area (Å²) in [5.74, 6) is 0. The van der Waals surface area contributed by atoms with Gasteiger partial charge >= 0.3 is 0 Å². The molecule has 18 heavy (non-hydrogen) atoms. The summed E-state index contributed by atoms with van der Waals surface area (Å²) in [4.78, 5) is 8.04. The Morgan fingerprint density at radius 2 is 2.11 bits per heavy atom. The van der Waals surface area contributed by atoms with Gasteiger partial charge in [0.1, 0.15) is 16.5 Å². The highest BCUT2D eigenvalue weighted by molar-refractivity contribution is 9.10. The second-order valence-electron chi connectivity index (χ2n) is 3.30. The average Bonchev–Trinajstić information content (AvgIpc) is 2.79. The van der Waals surface area contributed by atoms with E-state index in [1.54, 1.807) is 0 Å². The van der Waals surface area contributed by atoms with Crippen molar-refractivity contribution < 1.29 is 0 Å². The van der Waals surface area contributed by atoms with Gasteiger partial charge in [-0.3, -0.25) is 4.40 Å². The van der Waals surface area contributed by atoms with E-state index in [2.05, 4.69) is 36.1 Å². The molecule has 0 atom stereocenters. The second-order valence-corrected chi connectivity index (χ2v) is 5.40. The van der Waals surface area contributed by atoms with E-state index < -0.39 is 0 Å². The predicted octanol–water partition coefficient (Wildman–Crippen LogP) is 3.09. The summed E-state index contributed by atoms with van der Waals surface area (Å²) in [5.41, 5.74) is 0.788. The summed E-state index contributed by atoms with van der Waals surface area (Å²) in [6, 6.07) is 5.72. The van der Waals surface area contributed by atoms with Crippen LogP contribution in [-0.2, 0) is 0 Å². The van der Waals surface area contributed by atoms with Crippen LogP contribution in [0.15, 0.2) is 45.4 Å². The summed E-state index contributed by atoms with van der Waals surface area (Å²) in [7, 11) is 0. The van der Waals surface area contributed by atoms with Crippen molar-refractivity contribution in [3.63, 3.8) is 0 Å². The van der Waals surface area contributed by atoms with Crippen LogP contribution in [0.25, 0.3) is 5.65 Å². The Balaban J connectivity index is 2.04. The Bertz CT molecular complexity index is 716. The largest absolute Gasteiger partial charge is 0.277 e. The van der Waals surface area contributed by atoms with Crippen molar-refractivity contribution >= 4 is 44.9 Å². The van der Waals surface area contributed by atoms with Gasteiger partial charge in [0.25, 0.3) is 0 Å². The van der Waals surface area contributed by atoms with Crippen LogP contribution in [0, 0.1) is 0 Å². The standard InChI is InChI=1S/C10H5BrClN5S/c11-7-8(12)13-5-14-9(7)18-10-16-15-6-3-1-2-4-17(6)10/h1-5H. The normalized spacial score (nSPS) is 11.0. The lowest BCUT2D eigenvalue weighted by Gasteiger charge is -2.02. The van der Waals surface area contributed by atoms with Crippen LogP contribution in [0.5, 0.6) is 0 Å². The maximum atomic E-state index is 5.92. The van der Waals surface area contributed by atoms with Crippen LogP contribution < -0.4 is 0 Å². The quantitative estimate of drug-likeness (QED) is 0.670. The lowest BCUT2D eigenvalue weighted by atomic mass is 10.5. The molecule has 0 spiro atoms. The maximum absolute atomic E-state index is 5.92. The molecule has 90 valence electrons. The maximum Gasteiger partial charge on any atom is 0.201 e. The molecule has 8 heteroatoms. The zero-order chi connectivity index (χ0) is 12.5. The zero-order valence-electron chi connectivity index (χ0n) is 8.79. The van der Waals surface area contributed by atoms with Crippen LogP contribution in [0.1, 0.15) is 0 Å². The fraction of sp³-hybridized carbons (Fsp3) is 0. The van der Waals surface area contributed by atoms with E-state index in [0.717, 1.165) is 10.8 Å². The van der Waals surface area contributed by atoms with Crippen LogP contribution in [0.4, 0.5) is 0 Å². The van der Waals surface area contributed by atoms with Crippen molar-refractivity contribution in [3.05, 3.63) is 40.3 Å². The molecule has 5 nitrogen and oxygen atoms in total. The van der Waals surface area contributed by atoms with Gasteiger partial charge in [0.2, 0.25) is 5.16 Å². The molecule has 0 saturated carbocycles. The highest BCUT2D eigenvalue weighted by Crippen LogP contribution is 2.33. The number of halogens is 2. The molecule has 0 aliphatic heterocycles. The van der Waals surface area contributed by atoms with Crippen LogP contribution >= 0.6 is 39.3 Å². The van der Waals surface area contributed by atoms with Crippen LogP contribution in [-0.4, -0.2) is 24.6 Å². The van der Waals surface area contributed by atoms with E-state index in [0.29, 0.717) is 14.7 Å². The van der Waals surface area contributed by atoms with Gasteiger partial charge in [-0.15, -0.1) is 10.2 Å². The molecule has 0 fully saturated rings. The number of nitrogens with zero attached hydrogens (tertiary/aromatic N) is 5. The number of fused-ring (bicyclic) bond motifs is 1. The van der Waals surface area contributed by atoms with Crippen molar-refractivity contribution in [2.24, 2.45) is 0 Å². The number of hydrogen-bond donors (Lipinski definition) is 0. The number of pyridine rings is 1. The van der Waals surface area contributed by atoms with Gasteiger partial charge < -0.3 is 0 Å². The lowest BCUT2D eigenvalue weighted by molar-refractivity contribution is 0.912. The smallest absolute Gasteiger partial charge is 0.201 e. The molecule has 0 bridgehead atoms. The van der Waals surface area contributed by atoms with Crippen molar-refractivity contribution in [1.82, 2.24) is 24.6 Å². The van der Waals surface area contributed by atoms with Gasteiger partial charge in [-0.25, -0.2) is 9.97 Å². The lowest BCUT2D eigenvalue weighted by Crippen LogP contribution is -1.90. The van der Waals surface area contributed by atoms with Crippen molar-refractivity contribution in [3.8, 4) is 0 Å². The van der Waals surface area contributed by atoms with Gasteiger partial charge in [-0.2, -0.15) is 0 Å². The SMILES string of the molecule is Clc1ncnc(Sc2nnc3ccccn23)c1Br. The minimum atomic E-state index is 0.376. The van der Waals surface area contributed by atoms with Gasteiger partial charge in [0.05, 0.1) is 4.47 Å². The van der Waals surface area contributed by atoms with Gasteiger partial charge in [-0.05, 0) is 39.8 Å². The molecule has 3 aromatic heterocycles. The Kier molecular flexibility index (Phi) is 3.19. The third-order valence-corrected chi connectivity index (χ3v) is 4.68. The van der Waals surface area contributed by atoms with Gasteiger partial charge in [-0.1, -0.05) is 17.7 Å². The molecule has 0 saturated heterocycles. The molecule has 0 amide bonds. The Morgan fingerprint density at radius 1 is 1.22 bits per heavy atom. The topological polar surface area (TPSA) is 56.0 Å². The average molecular weight is 343 g/mol. The van der Waals surface area contributed by atoms with Crippen LogP contribution in [0.3, 0.4) is 0 Å². The fourth-order valence-corrected chi connectivity index (χ4v) is 2.81. The molecule has 3 aromatic rings. The summed E-state index contributed by atoms with van der Waals surface area (Å²) in [6.45, 7) is 0. The first-order chi connectivity index (χ1) is 8.75. The molecule has 0 radical (unpaired) electrons. The minimum Gasteiger partial charge on any atom is -0.277 e. The monoisotopic (exact) mass is 341 g/mol. The summed E-state index contributed by atoms with van der Waals surface area (Å²) < 4.78 is 2.54. The van der Waals surface area contributed by atoms with Crippen LogP contribution in [0.2, 0.25) is 5.15 Å². The summed E-state index contributed by atoms with van der Waals surface area (Å²) in [6.07, 6.45) is 3.31. The third kappa shape index (κ3) is 2.09. The first-order valence-corrected chi connectivity index (χ1v) is 6.88. The second kappa shape index (κ2) is 4.83. The molecular weight excluding hydrogens is 338 g/mol. The fourth-order valence-electron chi connectivity index (χ4n) is 1.38. The zero-order valence-corrected chi connectivity index (χ0v) is 11.9. The predicted molar refractivity (Wildman–Crippen MR) is 71.9 cm³/mol. The molecule has 0 aliphatic carbocycles. The molecule has 0 aliphatic rings. The Hall–Kier alpha value is -1.18. The minimum absolute atomic E-state index is 0.376. The first-order valence-electron chi connectivity index (χ1n) is 4.89. The highest BCUT2D eigenvalue weighted by atomic mass is 79.9. The van der Waals surface area contributed by atoms with Crippen molar-refractivity contribution in [1.29, 1.82) is 0 Å².